The van der Waals surface area contributed by atoms with E-state index in [-0.39, 0.29) is 0 Å². The van der Waals surface area contributed by atoms with E-state index in [4.69, 9.17) is 4.74 Å². The molecule has 6 heteroatoms. The van der Waals surface area contributed by atoms with Crippen molar-refractivity contribution in [3.8, 4) is 17.0 Å². The van der Waals surface area contributed by atoms with Crippen molar-refractivity contribution in [2.75, 3.05) is 17.7 Å². The maximum atomic E-state index is 5.28. The van der Waals surface area contributed by atoms with Crippen LogP contribution in [0.5, 0.6) is 5.75 Å². The van der Waals surface area contributed by atoms with Crippen LogP contribution in [0.25, 0.3) is 11.3 Å². The number of aromatic nitrogens is 3. The Morgan fingerprint density at radius 2 is 2.04 bits per heavy atom. The van der Waals surface area contributed by atoms with Gasteiger partial charge in [0.05, 0.1) is 12.8 Å². The Kier molecular flexibility index (Phi) is 4.64. The van der Waals surface area contributed by atoms with Crippen LogP contribution in [0.1, 0.15) is 18.4 Å². The van der Waals surface area contributed by atoms with Crippen LogP contribution in [0.4, 0.5) is 11.8 Å². The highest BCUT2D eigenvalue weighted by atomic mass is 16.5. The topological polar surface area (TPSA) is 72.0 Å². The molecule has 0 bridgehead atoms. The lowest BCUT2D eigenvalue weighted by molar-refractivity contribution is 0.414. The molecule has 2 N–H and O–H groups in total. The van der Waals surface area contributed by atoms with Crippen LogP contribution in [0, 0.1) is 0 Å². The Hall–Kier alpha value is -3.15. The summed E-state index contributed by atoms with van der Waals surface area (Å²) in [5.74, 6) is 2.28. The van der Waals surface area contributed by atoms with Crippen molar-refractivity contribution in [3.63, 3.8) is 0 Å². The van der Waals surface area contributed by atoms with Crippen LogP contribution in [0.15, 0.2) is 54.9 Å². The van der Waals surface area contributed by atoms with Gasteiger partial charge in [-0.2, -0.15) is 4.98 Å². The summed E-state index contributed by atoms with van der Waals surface area (Å²) in [4.78, 5) is 13.4. The van der Waals surface area contributed by atoms with Crippen molar-refractivity contribution in [1.82, 2.24) is 15.0 Å². The van der Waals surface area contributed by atoms with E-state index in [1.807, 2.05) is 42.6 Å². The zero-order valence-corrected chi connectivity index (χ0v) is 14.6. The molecule has 26 heavy (non-hydrogen) atoms. The predicted molar refractivity (Wildman–Crippen MR) is 102 cm³/mol. The fraction of sp³-hybridized carbons (Fsp3) is 0.250. The molecule has 0 aliphatic heterocycles. The molecule has 1 fully saturated rings. The van der Waals surface area contributed by atoms with Gasteiger partial charge in [-0.1, -0.05) is 12.1 Å². The van der Waals surface area contributed by atoms with Crippen molar-refractivity contribution in [2.45, 2.75) is 25.4 Å². The van der Waals surface area contributed by atoms with Crippen LogP contribution in [-0.2, 0) is 6.54 Å². The normalized spacial score (nSPS) is 13.3. The minimum atomic E-state index is 0.491. The summed E-state index contributed by atoms with van der Waals surface area (Å²) in [6, 6.07) is 14.3. The number of hydrogen-bond acceptors (Lipinski definition) is 6. The predicted octanol–water partition coefficient (Wildman–Crippen LogP) is 3.73. The number of benzene rings is 1. The fourth-order valence-electron chi connectivity index (χ4n) is 2.65. The summed E-state index contributed by atoms with van der Waals surface area (Å²) in [6.07, 6.45) is 5.92. The van der Waals surface area contributed by atoms with E-state index < -0.39 is 0 Å². The van der Waals surface area contributed by atoms with Gasteiger partial charge in [0.15, 0.2) is 0 Å². The number of ether oxygens (including phenoxy) is 1. The molecule has 1 aliphatic rings. The summed E-state index contributed by atoms with van der Waals surface area (Å²) < 4.78 is 5.28. The van der Waals surface area contributed by atoms with Crippen molar-refractivity contribution in [3.05, 3.63) is 60.4 Å². The lowest BCUT2D eigenvalue weighted by atomic mass is 10.2. The van der Waals surface area contributed by atoms with Crippen molar-refractivity contribution >= 4 is 11.8 Å². The molecular formula is C20H21N5O. The van der Waals surface area contributed by atoms with Gasteiger partial charge in [-0.25, -0.2) is 4.98 Å². The number of rotatable bonds is 7. The van der Waals surface area contributed by atoms with E-state index >= 15 is 0 Å². The van der Waals surface area contributed by atoms with Crippen molar-refractivity contribution in [2.24, 2.45) is 0 Å². The van der Waals surface area contributed by atoms with Crippen LogP contribution in [0.3, 0.4) is 0 Å². The highest BCUT2D eigenvalue weighted by Crippen LogP contribution is 2.26. The van der Waals surface area contributed by atoms with Gasteiger partial charge in [0.2, 0.25) is 5.95 Å². The Morgan fingerprint density at radius 1 is 1.12 bits per heavy atom. The van der Waals surface area contributed by atoms with E-state index in [1.54, 1.807) is 13.3 Å². The number of pyridine rings is 1. The van der Waals surface area contributed by atoms with E-state index in [1.165, 1.54) is 12.8 Å². The number of nitrogens with zero attached hydrogens (tertiary/aromatic N) is 3. The maximum Gasteiger partial charge on any atom is 0.225 e. The molecule has 0 radical (unpaired) electrons. The van der Waals surface area contributed by atoms with Crippen LogP contribution < -0.4 is 15.4 Å². The largest absolute Gasteiger partial charge is 0.497 e. The van der Waals surface area contributed by atoms with Gasteiger partial charge in [-0.15, -0.1) is 0 Å². The Bertz CT molecular complexity index is 880. The van der Waals surface area contributed by atoms with Gasteiger partial charge >= 0.3 is 0 Å². The average molecular weight is 347 g/mol. The molecule has 2 aromatic heterocycles. The quantitative estimate of drug-likeness (QED) is 0.678. The average Bonchev–Trinajstić information content (AvgIpc) is 3.51. The molecule has 1 saturated carbocycles. The van der Waals surface area contributed by atoms with Gasteiger partial charge in [0.1, 0.15) is 11.6 Å². The Balaban J connectivity index is 1.57. The fourth-order valence-corrected chi connectivity index (χ4v) is 2.65. The second-order valence-electron chi connectivity index (χ2n) is 6.33. The molecule has 0 spiro atoms. The monoisotopic (exact) mass is 347 g/mol. The molecule has 2 heterocycles. The molecule has 6 nitrogen and oxygen atoms in total. The second-order valence-corrected chi connectivity index (χ2v) is 6.33. The highest BCUT2D eigenvalue weighted by molar-refractivity contribution is 5.63. The van der Waals surface area contributed by atoms with Crippen molar-refractivity contribution in [1.29, 1.82) is 0 Å². The third kappa shape index (κ3) is 4.08. The zero-order chi connectivity index (χ0) is 17.8. The van der Waals surface area contributed by atoms with Gasteiger partial charge in [0, 0.05) is 36.6 Å². The van der Waals surface area contributed by atoms with Gasteiger partial charge < -0.3 is 15.4 Å². The number of hydrogen-bond donors (Lipinski definition) is 2. The smallest absolute Gasteiger partial charge is 0.225 e. The second kappa shape index (κ2) is 7.39. The maximum absolute atomic E-state index is 5.28. The minimum absolute atomic E-state index is 0.491. The number of methoxy groups -OCH3 is 1. The first-order chi connectivity index (χ1) is 12.8. The van der Waals surface area contributed by atoms with Crippen LogP contribution >= 0.6 is 0 Å². The Labute approximate surface area is 152 Å². The molecule has 0 unspecified atom stereocenters. The van der Waals surface area contributed by atoms with E-state index in [2.05, 4.69) is 31.7 Å². The molecule has 1 aliphatic carbocycles. The molecule has 3 aromatic rings. The molecule has 4 rings (SSSR count). The first-order valence-corrected chi connectivity index (χ1v) is 8.73. The van der Waals surface area contributed by atoms with Crippen LogP contribution in [-0.4, -0.2) is 28.1 Å². The van der Waals surface area contributed by atoms with Gasteiger partial charge in [-0.3, -0.25) is 4.98 Å². The van der Waals surface area contributed by atoms with E-state index in [0.717, 1.165) is 28.4 Å². The Morgan fingerprint density at radius 3 is 2.81 bits per heavy atom. The molecule has 0 amide bonds. The summed E-state index contributed by atoms with van der Waals surface area (Å²) in [5.41, 5.74) is 2.95. The first-order valence-electron chi connectivity index (χ1n) is 8.73. The third-order valence-electron chi connectivity index (χ3n) is 4.20. The minimum Gasteiger partial charge on any atom is -0.497 e. The van der Waals surface area contributed by atoms with E-state index in [0.29, 0.717) is 18.5 Å². The van der Waals surface area contributed by atoms with Gasteiger partial charge in [-0.05, 0) is 42.7 Å². The standard InChI is InChI=1S/C20H21N5O/c1-26-17-6-2-4-14(10-17)12-22-19-11-18(15-5-3-9-21-13-15)24-20(25-19)23-16-7-8-16/h2-6,9-11,13,16H,7-8,12H2,1H3,(H2,22,23,24,25). The lowest BCUT2D eigenvalue weighted by Crippen LogP contribution is -2.09. The van der Waals surface area contributed by atoms with Gasteiger partial charge in [0.25, 0.3) is 0 Å². The summed E-state index contributed by atoms with van der Waals surface area (Å²) in [7, 11) is 1.67. The number of nitrogens with one attached hydrogen (secondary N) is 2. The molecule has 132 valence electrons. The first kappa shape index (κ1) is 16.3. The SMILES string of the molecule is COc1cccc(CNc2cc(-c3cccnc3)nc(NC3CC3)n2)c1. The molecule has 0 saturated heterocycles. The van der Waals surface area contributed by atoms with E-state index in [9.17, 15) is 0 Å². The lowest BCUT2D eigenvalue weighted by Gasteiger charge is -2.11. The van der Waals surface area contributed by atoms with Crippen LogP contribution in [0.2, 0.25) is 0 Å². The summed E-state index contributed by atoms with van der Waals surface area (Å²) in [6.45, 7) is 0.656. The molecule has 0 atom stereocenters. The summed E-state index contributed by atoms with van der Waals surface area (Å²) in [5, 5.41) is 6.77. The summed E-state index contributed by atoms with van der Waals surface area (Å²) >= 11 is 0. The van der Waals surface area contributed by atoms with Crippen molar-refractivity contribution < 1.29 is 4.74 Å². The zero-order valence-electron chi connectivity index (χ0n) is 14.6. The molecular weight excluding hydrogens is 326 g/mol. The number of anilines is 2. The third-order valence-corrected chi connectivity index (χ3v) is 4.20. The highest BCUT2D eigenvalue weighted by Gasteiger charge is 2.22. The molecule has 1 aromatic carbocycles.